The number of carboxylic acid groups (broad SMARTS) is 1. The molecule has 1 aromatic heterocycles. The molecular weight excluding hydrogens is 428 g/mol. The van der Waals surface area contributed by atoms with E-state index in [0.717, 1.165) is 45.4 Å². The third-order valence-electron chi connectivity index (χ3n) is 6.65. The van der Waals surface area contributed by atoms with Gasteiger partial charge in [0.15, 0.2) is 0 Å². The van der Waals surface area contributed by atoms with E-state index in [4.69, 9.17) is 4.74 Å². The molecule has 3 aromatic rings. The maximum atomic E-state index is 13.3. The van der Waals surface area contributed by atoms with E-state index in [0.29, 0.717) is 19.0 Å². The molecule has 6 heteroatoms. The van der Waals surface area contributed by atoms with Crippen LogP contribution in [0.4, 0.5) is 0 Å². The Morgan fingerprint density at radius 2 is 1.85 bits per heavy atom. The van der Waals surface area contributed by atoms with Gasteiger partial charge in [-0.1, -0.05) is 35.9 Å². The third-order valence-corrected chi connectivity index (χ3v) is 6.65. The van der Waals surface area contributed by atoms with E-state index < -0.39 is 5.97 Å². The largest absolute Gasteiger partial charge is 0.481 e. The number of aromatic nitrogens is 1. The summed E-state index contributed by atoms with van der Waals surface area (Å²) in [5.41, 5.74) is 7.75. The van der Waals surface area contributed by atoms with Gasteiger partial charge in [-0.2, -0.15) is 0 Å². The number of methoxy groups -OCH3 is 1. The molecule has 2 aromatic carbocycles. The maximum absolute atomic E-state index is 13.3. The smallest absolute Gasteiger partial charge is 0.304 e. The second-order valence-corrected chi connectivity index (χ2v) is 9.06. The lowest BCUT2D eigenvalue weighted by Gasteiger charge is -2.30. The Balaban J connectivity index is 1.66. The topological polar surface area (TPSA) is 79.7 Å². The number of carbonyl (C=O) groups excluding carboxylic acids is 1. The molecule has 34 heavy (non-hydrogen) atoms. The highest BCUT2D eigenvalue weighted by Gasteiger charge is 2.26. The summed E-state index contributed by atoms with van der Waals surface area (Å²) in [6.45, 7) is 7.07. The number of fused-ring (bicyclic) bond motifs is 1. The first kappa shape index (κ1) is 23.5. The van der Waals surface area contributed by atoms with Gasteiger partial charge in [0.2, 0.25) is 5.88 Å². The lowest BCUT2D eigenvalue weighted by Crippen LogP contribution is -2.36. The minimum atomic E-state index is -0.871. The quantitative estimate of drug-likeness (QED) is 0.573. The molecule has 1 amide bonds. The summed E-state index contributed by atoms with van der Waals surface area (Å²) < 4.78 is 5.21. The maximum Gasteiger partial charge on any atom is 0.304 e. The van der Waals surface area contributed by atoms with Crippen LogP contribution in [0, 0.1) is 20.8 Å². The fourth-order valence-corrected chi connectivity index (χ4v) is 4.70. The first-order valence-electron chi connectivity index (χ1n) is 11.5. The Labute approximate surface area is 200 Å². The highest BCUT2D eigenvalue weighted by Crippen LogP contribution is 2.34. The fourth-order valence-electron chi connectivity index (χ4n) is 4.70. The van der Waals surface area contributed by atoms with E-state index in [1.807, 2.05) is 56.0 Å². The van der Waals surface area contributed by atoms with Crippen LogP contribution in [0.2, 0.25) is 0 Å². The number of hydrogen-bond acceptors (Lipinski definition) is 4. The summed E-state index contributed by atoms with van der Waals surface area (Å²) >= 11 is 0. The van der Waals surface area contributed by atoms with Crippen molar-refractivity contribution in [2.24, 2.45) is 0 Å². The highest BCUT2D eigenvalue weighted by atomic mass is 16.5. The number of nitrogens with zero attached hydrogens (tertiary/aromatic N) is 2. The van der Waals surface area contributed by atoms with Crippen molar-refractivity contribution in [3.8, 4) is 5.88 Å². The summed E-state index contributed by atoms with van der Waals surface area (Å²) in [5.74, 6) is -0.674. The number of carboxylic acids is 1. The Kier molecular flexibility index (Phi) is 6.68. The van der Waals surface area contributed by atoms with Crippen molar-refractivity contribution in [2.45, 2.75) is 46.1 Å². The van der Waals surface area contributed by atoms with Crippen LogP contribution in [-0.2, 0) is 17.8 Å². The van der Waals surface area contributed by atoms with Gasteiger partial charge in [0.25, 0.3) is 5.91 Å². The molecule has 1 atom stereocenters. The summed E-state index contributed by atoms with van der Waals surface area (Å²) in [4.78, 5) is 31.2. The lowest BCUT2D eigenvalue weighted by atomic mass is 9.84. The Morgan fingerprint density at radius 3 is 2.56 bits per heavy atom. The number of aryl methyl sites for hydroxylation is 3. The zero-order valence-electron chi connectivity index (χ0n) is 20.1. The van der Waals surface area contributed by atoms with Crippen LogP contribution in [0.1, 0.15) is 61.6 Å². The third kappa shape index (κ3) is 4.81. The standard InChI is InChI=1S/C28H30N2O4/c1-17-5-6-18(2)23(11-17)28(33)30-10-9-20-7-8-21(13-22(20)16-30)24(14-27(31)32)25-15-29-26(34-4)12-19(25)3/h5-8,11-13,15,24H,9-10,14,16H2,1-4H3,(H,31,32). The number of pyridine rings is 1. The molecule has 0 radical (unpaired) electrons. The zero-order chi connectivity index (χ0) is 24.4. The van der Waals surface area contributed by atoms with E-state index in [2.05, 4.69) is 17.1 Å². The molecule has 0 bridgehead atoms. The number of hydrogen-bond donors (Lipinski definition) is 1. The van der Waals surface area contributed by atoms with Crippen LogP contribution in [0.15, 0.2) is 48.7 Å². The van der Waals surface area contributed by atoms with Crippen molar-refractivity contribution in [1.82, 2.24) is 9.88 Å². The second kappa shape index (κ2) is 9.67. The van der Waals surface area contributed by atoms with Gasteiger partial charge in [-0.15, -0.1) is 0 Å². The molecule has 6 nitrogen and oxygen atoms in total. The van der Waals surface area contributed by atoms with Crippen molar-refractivity contribution >= 4 is 11.9 Å². The SMILES string of the molecule is COc1cc(C)c(C(CC(=O)O)c2ccc3c(c2)CN(C(=O)c2cc(C)ccc2C)CC3)cn1. The molecule has 0 saturated heterocycles. The Morgan fingerprint density at radius 1 is 1.06 bits per heavy atom. The molecule has 1 N–H and O–H groups in total. The average Bonchev–Trinajstić information content (AvgIpc) is 2.83. The zero-order valence-corrected chi connectivity index (χ0v) is 20.1. The van der Waals surface area contributed by atoms with Crippen molar-refractivity contribution in [3.63, 3.8) is 0 Å². The van der Waals surface area contributed by atoms with E-state index in [1.54, 1.807) is 13.3 Å². The molecule has 1 aliphatic rings. The van der Waals surface area contributed by atoms with Crippen molar-refractivity contribution in [3.05, 3.63) is 93.2 Å². The molecule has 0 spiro atoms. The number of carbonyl (C=O) groups is 2. The van der Waals surface area contributed by atoms with Gasteiger partial charge < -0.3 is 14.7 Å². The number of aliphatic carboxylic acids is 1. The molecule has 0 fully saturated rings. The van der Waals surface area contributed by atoms with Crippen LogP contribution in [-0.4, -0.2) is 40.5 Å². The predicted octanol–water partition coefficient (Wildman–Crippen LogP) is 4.82. The van der Waals surface area contributed by atoms with Gasteiger partial charge >= 0.3 is 5.97 Å². The lowest BCUT2D eigenvalue weighted by molar-refractivity contribution is -0.137. The van der Waals surface area contributed by atoms with Crippen LogP contribution in [0.3, 0.4) is 0 Å². The number of rotatable bonds is 6. The van der Waals surface area contributed by atoms with Gasteiger partial charge in [0.1, 0.15) is 0 Å². The predicted molar refractivity (Wildman–Crippen MR) is 130 cm³/mol. The molecule has 0 aliphatic carbocycles. The monoisotopic (exact) mass is 458 g/mol. The molecule has 0 saturated carbocycles. The normalized spacial score (nSPS) is 13.8. The molecule has 1 unspecified atom stereocenters. The van der Waals surface area contributed by atoms with E-state index >= 15 is 0 Å². The van der Waals surface area contributed by atoms with Gasteiger partial charge in [-0.05, 0) is 66.6 Å². The summed E-state index contributed by atoms with van der Waals surface area (Å²) in [7, 11) is 1.56. The van der Waals surface area contributed by atoms with Crippen LogP contribution < -0.4 is 4.74 Å². The van der Waals surface area contributed by atoms with E-state index in [9.17, 15) is 14.7 Å². The van der Waals surface area contributed by atoms with Crippen molar-refractivity contribution < 1.29 is 19.4 Å². The minimum absolute atomic E-state index is 0.0366. The van der Waals surface area contributed by atoms with Gasteiger partial charge in [-0.25, -0.2) is 4.98 Å². The van der Waals surface area contributed by atoms with Crippen molar-refractivity contribution in [1.29, 1.82) is 0 Å². The van der Waals surface area contributed by atoms with Gasteiger partial charge in [0.05, 0.1) is 13.5 Å². The molecule has 176 valence electrons. The number of amides is 1. The highest BCUT2D eigenvalue weighted by molar-refractivity contribution is 5.96. The molecule has 2 heterocycles. The summed E-state index contributed by atoms with van der Waals surface area (Å²) in [6.07, 6.45) is 2.44. The minimum Gasteiger partial charge on any atom is -0.481 e. The number of ether oxygens (including phenoxy) is 1. The van der Waals surface area contributed by atoms with Crippen LogP contribution in [0.25, 0.3) is 0 Å². The summed E-state index contributed by atoms with van der Waals surface area (Å²) in [6, 6.07) is 13.9. The number of benzene rings is 2. The molecular formula is C28H30N2O4. The second-order valence-electron chi connectivity index (χ2n) is 9.06. The van der Waals surface area contributed by atoms with E-state index in [-0.39, 0.29) is 18.2 Å². The van der Waals surface area contributed by atoms with Crippen LogP contribution in [0.5, 0.6) is 5.88 Å². The first-order valence-corrected chi connectivity index (χ1v) is 11.5. The van der Waals surface area contributed by atoms with Crippen molar-refractivity contribution in [2.75, 3.05) is 13.7 Å². The Bertz CT molecular complexity index is 1250. The van der Waals surface area contributed by atoms with Gasteiger partial charge in [-0.3, -0.25) is 9.59 Å². The Hall–Kier alpha value is -3.67. The average molecular weight is 459 g/mol. The van der Waals surface area contributed by atoms with Gasteiger partial charge in [0, 0.05) is 36.8 Å². The molecule has 1 aliphatic heterocycles. The van der Waals surface area contributed by atoms with Crippen LogP contribution >= 0.6 is 0 Å². The fraction of sp³-hybridized carbons (Fsp3) is 0.321. The van der Waals surface area contributed by atoms with E-state index in [1.165, 1.54) is 5.56 Å². The summed E-state index contributed by atoms with van der Waals surface area (Å²) in [5, 5.41) is 9.63. The molecule has 4 rings (SSSR count). The first-order chi connectivity index (χ1) is 16.3.